The zero-order valence-electron chi connectivity index (χ0n) is 10.6. The van der Waals surface area contributed by atoms with E-state index in [1.54, 1.807) is 30.3 Å². The SMILES string of the molecule is CCCc1cccc(Cl)c1O.Oc1ccccc1Cl. The van der Waals surface area contributed by atoms with Crippen LogP contribution in [0.25, 0.3) is 0 Å². The number of benzene rings is 2. The van der Waals surface area contributed by atoms with Gasteiger partial charge < -0.3 is 10.2 Å². The van der Waals surface area contributed by atoms with Gasteiger partial charge in [-0.1, -0.05) is 60.8 Å². The number of hydrogen-bond acceptors (Lipinski definition) is 2. The van der Waals surface area contributed by atoms with Gasteiger partial charge in [0.1, 0.15) is 11.5 Å². The summed E-state index contributed by atoms with van der Waals surface area (Å²) >= 11 is 11.2. The van der Waals surface area contributed by atoms with E-state index in [0.717, 1.165) is 18.4 Å². The fourth-order valence-corrected chi connectivity index (χ4v) is 1.81. The molecule has 0 unspecified atom stereocenters. The monoisotopic (exact) mass is 298 g/mol. The van der Waals surface area contributed by atoms with Gasteiger partial charge in [0, 0.05) is 0 Å². The van der Waals surface area contributed by atoms with Crippen molar-refractivity contribution in [1.29, 1.82) is 0 Å². The van der Waals surface area contributed by atoms with Gasteiger partial charge in [0.25, 0.3) is 0 Å². The van der Waals surface area contributed by atoms with Gasteiger partial charge in [0.15, 0.2) is 0 Å². The Balaban J connectivity index is 0.000000200. The summed E-state index contributed by atoms with van der Waals surface area (Å²) in [6, 6.07) is 12.1. The van der Waals surface area contributed by atoms with Crippen molar-refractivity contribution in [3.63, 3.8) is 0 Å². The average molecular weight is 299 g/mol. The van der Waals surface area contributed by atoms with Crippen molar-refractivity contribution >= 4 is 23.2 Å². The third kappa shape index (κ3) is 5.01. The van der Waals surface area contributed by atoms with Crippen molar-refractivity contribution in [2.45, 2.75) is 19.8 Å². The van der Waals surface area contributed by atoms with Crippen LogP contribution < -0.4 is 0 Å². The largest absolute Gasteiger partial charge is 0.506 e. The zero-order valence-corrected chi connectivity index (χ0v) is 12.1. The highest BCUT2D eigenvalue weighted by Gasteiger charge is 2.02. The molecule has 2 N–H and O–H groups in total. The molecule has 0 aliphatic carbocycles. The van der Waals surface area contributed by atoms with Crippen LogP contribution in [-0.4, -0.2) is 10.2 Å². The van der Waals surface area contributed by atoms with E-state index in [2.05, 4.69) is 6.92 Å². The van der Waals surface area contributed by atoms with Gasteiger partial charge in [-0.2, -0.15) is 0 Å². The van der Waals surface area contributed by atoms with Gasteiger partial charge in [0.2, 0.25) is 0 Å². The van der Waals surface area contributed by atoms with Crippen LogP contribution in [0.15, 0.2) is 42.5 Å². The molecule has 0 saturated carbocycles. The molecule has 2 aromatic carbocycles. The molecule has 102 valence electrons. The first-order valence-electron chi connectivity index (χ1n) is 5.96. The number of hydrogen-bond donors (Lipinski definition) is 2. The van der Waals surface area contributed by atoms with E-state index in [0.29, 0.717) is 10.0 Å². The van der Waals surface area contributed by atoms with Crippen molar-refractivity contribution in [2.75, 3.05) is 0 Å². The summed E-state index contributed by atoms with van der Waals surface area (Å²) in [7, 11) is 0. The fourth-order valence-electron chi connectivity index (χ4n) is 1.48. The van der Waals surface area contributed by atoms with E-state index >= 15 is 0 Å². The minimum Gasteiger partial charge on any atom is -0.506 e. The lowest BCUT2D eigenvalue weighted by Crippen LogP contribution is -1.83. The number of para-hydroxylation sites is 2. The van der Waals surface area contributed by atoms with Crippen LogP contribution in [0.4, 0.5) is 0 Å². The smallest absolute Gasteiger partial charge is 0.137 e. The molecule has 4 heteroatoms. The minimum atomic E-state index is 0.133. The molecule has 0 amide bonds. The lowest BCUT2D eigenvalue weighted by Gasteiger charge is -2.02. The maximum Gasteiger partial charge on any atom is 0.137 e. The first-order valence-corrected chi connectivity index (χ1v) is 6.71. The van der Waals surface area contributed by atoms with E-state index in [-0.39, 0.29) is 11.5 Å². The number of aryl methyl sites for hydroxylation is 1. The van der Waals surface area contributed by atoms with Gasteiger partial charge in [0.05, 0.1) is 10.0 Å². The molecule has 2 aromatic rings. The van der Waals surface area contributed by atoms with Gasteiger partial charge in [-0.25, -0.2) is 0 Å². The number of halogens is 2. The highest BCUT2D eigenvalue weighted by atomic mass is 35.5. The lowest BCUT2D eigenvalue weighted by atomic mass is 10.1. The molecule has 0 atom stereocenters. The maximum atomic E-state index is 9.40. The molecular formula is C15H16Cl2O2. The van der Waals surface area contributed by atoms with E-state index in [9.17, 15) is 5.11 Å². The third-order valence-corrected chi connectivity index (χ3v) is 3.07. The first-order chi connectivity index (χ1) is 9.06. The Morgan fingerprint density at radius 3 is 2.05 bits per heavy atom. The second-order valence-electron chi connectivity index (χ2n) is 3.95. The fraction of sp³-hybridized carbons (Fsp3) is 0.200. The number of phenols is 2. The topological polar surface area (TPSA) is 40.5 Å². The van der Waals surface area contributed by atoms with Crippen molar-refractivity contribution in [3.05, 3.63) is 58.1 Å². The molecule has 2 nitrogen and oxygen atoms in total. The first kappa shape index (κ1) is 15.7. The summed E-state index contributed by atoms with van der Waals surface area (Å²) in [4.78, 5) is 0. The molecule has 0 saturated heterocycles. The summed E-state index contributed by atoms with van der Waals surface area (Å²) in [6.45, 7) is 2.07. The normalized spacial score (nSPS) is 9.63. The highest BCUT2D eigenvalue weighted by molar-refractivity contribution is 6.32. The molecular weight excluding hydrogens is 283 g/mol. The summed E-state index contributed by atoms with van der Waals surface area (Å²) in [5, 5.41) is 19.0. The van der Waals surface area contributed by atoms with Crippen LogP contribution in [0.3, 0.4) is 0 Å². The van der Waals surface area contributed by atoms with E-state index < -0.39 is 0 Å². The van der Waals surface area contributed by atoms with Crippen LogP contribution in [0.1, 0.15) is 18.9 Å². The van der Waals surface area contributed by atoms with Crippen molar-refractivity contribution < 1.29 is 10.2 Å². The van der Waals surface area contributed by atoms with Crippen LogP contribution in [-0.2, 0) is 6.42 Å². The zero-order chi connectivity index (χ0) is 14.3. The van der Waals surface area contributed by atoms with Gasteiger partial charge in [-0.3, -0.25) is 0 Å². The highest BCUT2D eigenvalue weighted by Crippen LogP contribution is 2.27. The molecule has 0 aliphatic heterocycles. The van der Waals surface area contributed by atoms with E-state index in [1.165, 1.54) is 0 Å². The Morgan fingerprint density at radius 2 is 1.53 bits per heavy atom. The van der Waals surface area contributed by atoms with Crippen LogP contribution in [0, 0.1) is 0 Å². The molecule has 0 bridgehead atoms. The molecule has 0 spiro atoms. The maximum absolute atomic E-state index is 9.40. The molecule has 0 aliphatic rings. The van der Waals surface area contributed by atoms with Crippen LogP contribution in [0.5, 0.6) is 11.5 Å². The predicted octanol–water partition coefficient (Wildman–Crippen LogP) is 5.04. The molecule has 19 heavy (non-hydrogen) atoms. The Morgan fingerprint density at radius 1 is 0.895 bits per heavy atom. The van der Waals surface area contributed by atoms with Gasteiger partial charge in [-0.05, 0) is 30.2 Å². The Bertz CT molecular complexity index is 506. The summed E-state index contributed by atoms with van der Waals surface area (Å²) in [6.07, 6.45) is 1.90. The Hall–Kier alpha value is -1.38. The second-order valence-corrected chi connectivity index (χ2v) is 4.76. The number of aromatic hydroxyl groups is 2. The Labute approximate surface area is 123 Å². The minimum absolute atomic E-state index is 0.133. The van der Waals surface area contributed by atoms with Crippen molar-refractivity contribution in [2.24, 2.45) is 0 Å². The van der Waals surface area contributed by atoms with Crippen LogP contribution >= 0.6 is 23.2 Å². The molecule has 0 heterocycles. The van der Waals surface area contributed by atoms with E-state index in [4.69, 9.17) is 28.3 Å². The van der Waals surface area contributed by atoms with Crippen molar-refractivity contribution in [3.8, 4) is 11.5 Å². The second kappa shape index (κ2) is 7.93. The van der Waals surface area contributed by atoms with E-state index in [1.807, 2.05) is 12.1 Å². The average Bonchev–Trinajstić information content (AvgIpc) is 2.40. The van der Waals surface area contributed by atoms with Crippen LogP contribution in [0.2, 0.25) is 10.0 Å². The number of rotatable bonds is 2. The molecule has 2 rings (SSSR count). The summed E-state index contributed by atoms with van der Waals surface area (Å²) in [5.41, 5.74) is 0.931. The quantitative estimate of drug-likeness (QED) is 0.815. The summed E-state index contributed by atoms with van der Waals surface area (Å²) < 4.78 is 0. The molecule has 0 radical (unpaired) electrons. The summed E-state index contributed by atoms with van der Waals surface area (Å²) in [5.74, 6) is 0.366. The lowest BCUT2D eigenvalue weighted by molar-refractivity contribution is 0.468. The van der Waals surface area contributed by atoms with Gasteiger partial charge >= 0.3 is 0 Å². The molecule has 0 fully saturated rings. The van der Waals surface area contributed by atoms with Crippen molar-refractivity contribution in [1.82, 2.24) is 0 Å². The Kier molecular flexibility index (Phi) is 6.54. The molecule has 0 aromatic heterocycles. The third-order valence-electron chi connectivity index (χ3n) is 2.44. The standard InChI is InChI=1S/C9H11ClO.C6H5ClO/c1-2-4-7-5-3-6-8(10)9(7)11;7-5-3-1-2-4-6(5)8/h3,5-6,11H,2,4H2,1H3;1-4,8H. The van der Waals surface area contributed by atoms with Gasteiger partial charge in [-0.15, -0.1) is 0 Å². The predicted molar refractivity (Wildman–Crippen MR) is 80.2 cm³/mol. The number of phenolic OH excluding ortho intramolecular Hbond substituents is 2.